The number of benzene rings is 1. The number of nitrogens with one attached hydrogen (secondary N) is 1. The summed E-state index contributed by atoms with van der Waals surface area (Å²) in [7, 11) is -3.09. The minimum atomic E-state index is -3.09. The Morgan fingerprint density at radius 1 is 1.17 bits per heavy atom. The van der Waals surface area contributed by atoms with Gasteiger partial charge in [0.15, 0.2) is 15.5 Å². The molecule has 0 radical (unpaired) electrons. The van der Waals surface area contributed by atoms with Crippen LogP contribution < -0.4 is 5.32 Å². The lowest BCUT2D eigenvalue weighted by Gasteiger charge is -2.06. The van der Waals surface area contributed by atoms with Gasteiger partial charge in [-0.1, -0.05) is 12.1 Å². The highest BCUT2D eigenvalue weighted by molar-refractivity contribution is 7.89. The van der Waals surface area contributed by atoms with Crippen molar-refractivity contribution in [2.45, 2.75) is 5.75 Å². The van der Waals surface area contributed by atoms with Gasteiger partial charge in [-0.2, -0.15) is 0 Å². The second-order valence-corrected chi connectivity index (χ2v) is 7.38. The first-order valence-electron chi connectivity index (χ1n) is 6.78. The first kappa shape index (κ1) is 15.2. The van der Waals surface area contributed by atoms with E-state index < -0.39 is 9.84 Å². The molecule has 0 spiro atoms. The van der Waals surface area contributed by atoms with E-state index in [1.807, 2.05) is 0 Å². The van der Waals surface area contributed by atoms with Crippen LogP contribution >= 0.6 is 0 Å². The second-order valence-electron chi connectivity index (χ2n) is 5.24. The first-order chi connectivity index (χ1) is 10.9. The van der Waals surface area contributed by atoms with Crippen LogP contribution in [0, 0.1) is 0 Å². The third kappa shape index (κ3) is 3.72. The zero-order valence-electron chi connectivity index (χ0n) is 12.3. The number of fused-ring (bicyclic) bond motifs is 1. The summed E-state index contributed by atoms with van der Waals surface area (Å²) in [4.78, 5) is 12.2. The van der Waals surface area contributed by atoms with Crippen molar-refractivity contribution < 1.29 is 13.2 Å². The zero-order valence-corrected chi connectivity index (χ0v) is 13.1. The Labute approximate surface area is 132 Å². The summed E-state index contributed by atoms with van der Waals surface area (Å²) in [5, 5.41) is 10.4. The number of sulfone groups is 1. The maximum atomic E-state index is 12.2. The molecule has 1 aromatic carbocycles. The van der Waals surface area contributed by atoms with Crippen molar-refractivity contribution in [3.8, 4) is 0 Å². The van der Waals surface area contributed by atoms with E-state index in [2.05, 4.69) is 15.5 Å². The van der Waals surface area contributed by atoms with Crippen LogP contribution in [0.3, 0.4) is 0 Å². The SMILES string of the molecule is CS(=O)(=O)Cc1ccc(C(=O)Nc2ccc3nncn3c2)cc1. The molecule has 0 unspecified atom stereocenters. The predicted octanol–water partition coefficient (Wildman–Crippen LogP) is 1.53. The van der Waals surface area contributed by atoms with E-state index in [0.717, 1.165) is 0 Å². The third-order valence-electron chi connectivity index (χ3n) is 3.19. The van der Waals surface area contributed by atoms with Crippen LogP contribution in [0.5, 0.6) is 0 Å². The largest absolute Gasteiger partial charge is 0.321 e. The molecule has 0 saturated heterocycles. The maximum absolute atomic E-state index is 12.2. The van der Waals surface area contributed by atoms with Gasteiger partial charge in [-0.15, -0.1) is 10.2 Å². The first-order valence-corrected chi connectivity index (χ1v) is 8.84. The molecule has 3 rings (SSSR count). The molecule has 23 heavy (non-hydrogen) atoms. The molecule has 0 aliphatic heterocycles. The molecule has 0 aliphatic carbocycles. The quantitative estimate of drug-likeness (QED) is 0.783. The van der Waals surface area contributed by atoms with Crippen molar-refractivity contribution >= 4 is 27.1 Å². The summed E-state index contributed by atoms with van der Waals surface area (Å²) < 4.78 is 24.2. The second kappa shape index (κ2) is 5.81. The average molecular weight is 330 g/mol. The number of amides is 1. The Morgan fingerprint density at radius 2 is 1.91 bits per heavy atom. The molecule has 7 nitrogen and oxygen atoms in total. The van der Waals surface area contributed by atoms with Gasteiger partial charge in [0.2, 0.25) is 0 Å². The van der Waals surface area contributed by atoms with Crippen LogP contribution in [0.4, 0.5) is 5.69 Å². The van der Waals surface area contributed by atoms with Crippen LogP contribution in [-0.4, -0.2) is 35.2 Å². The van der Waals surface area contributed by atoms with E-state index in [4.69, 9.17) is 0 Å². The molecule has 1 N–H and O–H groups in total. The Balaban J connectivity index is 1.74. The van der Waals surface area contributed by atoms with Crippen molar-refractivity contribution in [2.75, 3.05) is 11.6 Å². The Morgan fingerprint density at radius 3 is 2.61 bits per heavy atom. The zero-order chi connectivity index (χ0) is 16.4. The molecule has 0 bridgehead atoms. The van der Waals surface area contributed by atoms with E-state index in [1.54, 1.807) is 53.3 Å². The number of hydrogen-bond acceptors (Lipinski definition) is 5. The Hall–Kier alpha value is -2.74. The smallest absolute Gasteiger partial charge is 0.255 e. The molecule has 3 aromatic rings. The van der Waals surface area contributed by atoms with Crippen molar-refractivity contribution in [1.29, 1.82) is 0 Å². The van der Waals surface area contributed by atoms with Gasteiger partial charge >= 0.3 is 0 Å². The molecule has 0 fully saturated rings. The van der Waals surface area contributed by atoms with Gasteiger partial charge in [0.1, 0.15) is 6.33 Å². The number of anilines is 1. The van der Waals surface area contributed by atoms with Gasteiger partial charge in [-0.05, 0) is 29.8 Å². The van der Waals surface area contributed by atoms with E-state index in [1.165, 1.54) is 6.26 Å². The monoisotopic (exact) mass is 330 g/mol. The molecule has 0 atom stereocenters. The van der Waals surface area contributed by atoms with E-state index in [0.29, 0.717) is 22.5 Å². The van der Waals surface area contributed by atoms with Gasteiger partial charge in [-0.3, -0.25) is 9.20 Å². The van der Waals surface area contributed by atoms with E-state index in [9.17, 15) is 13.2 Å². The van der Waals surface area contributed by atoms with E-state index >= 15 is 0 Å². The standard InChI is InChI=1S/C15H14N4O3S/c1-23(21,22)9-11-2-4-12(5-3-11)15(20)17-13-6-7-14-18-16-10-19(14)8-13/h2-8,10H,9H2,1H3,(H,17,20). The summed E-state index contributed by atoms with van der Waals surface area (Å²) in [5.74, 6) is -0.317. The fourth-order valence-corrected chi connectivity index (χ4v) is 2.96. The number of hydrogen-bond donors (Lipinski definition) is 1. The van der Waals surface area contributed by atoms with Crippen molar-refractivity contribution in [3.63, 3.8) is 0 Å². The van der Waals surface area contributed by atoms with Crippen LogP contribution in [0.2, 0.25) is 0 Å². The number of carbonyl (C=O) groups is 1. The number of pyridine rings is 1. The molecule has 0 aliphatic rings. The van der Waals surface area contributed by atoms with Gasteiger partial charge in [0.25, 0.3) is 5.91 Å². The summed E-state index contributed by atoms with van der Waals surface area (Å²) in [6, 6.07) is 9.97. The Bertz CT molecular complexity index is 962. The van der Waals surface area contributed by atoms with Crippen LogP contribution in [0.25, 0.3) is 5.65 Å². The lowest BCUT2D eigenvalue weighted by Crippen LogP contribution is -2.12. The molecule has 0 saturated carbocycles. The number of rotatable bonds is 4. The third-order valence-corrected chi connectivity index (χ3v) is 4.05. The van der Waals surface area contributed by atoms with Gasteiger partial charge in [0, 0.05) is 18.0 Å². The number of nitrogens with zero attached hydrogens (tertiary/aromatic N) is 3. The number of carbonyl (C=O) groups excluding carboxylic acids is 1. The summed E-state index contributed by atoms with van der Waals surface area (Å²) in [5.41, 5.74) is 2.40. The van der Waals surface area contributed by atoms with Gasteiger partial charge in [0.05, 0.1) is 11.4 Å². The minimum absolute atomic E-state index is 0.0425. The van der Waals surface area contributed by atoms with E-state index in [-0.39, 0.29) is 11.7 Å². The van der Waals surface area contributed by atoms with Crippen molar-refractivity contribution in [2.24, 2.45) is 0 Å². The minimum Gasteiger partial charge on any atom is -0.321 e. The summed E-state index contributed by atoms with van der Waals surface area (Å²) >= 11 is 0. The summed E-state index contributed by atoms with van der Waals surface area (Å²) in [6.45, 7) is 0. The van der Waals surface area contributed by atoms with Crippen molar-refractivity contribution in [1.82, 2.24) is 14.6 Å². The van der Waals surface area contributed by atoms with Crippen LogP contribution in [-0.2, 0) is 15.6 Å². The summed E-state index contributed by atoms with van der Waals surface area (Å²) in [6.07, 6.45) is 4.44. The molecule has 118 valence electrons. The molecule has 2 aromatic heterocycles. The average Bonchev–Trinajstić information content (AvgIpc) is 2.94. The number of aromatic nitrogens is 3. The highest BCUT2D eigenvalue weighted by Gasteiger charge is 2.09. The molecule has 2 heterocycles. The highest BCUT2D eigenvalue weighted by Crippen LogP contribution is 2.12. The molecular formula is C15H14N4O3S. The lowest BCUT2D eigenvalue weighted by atomic mass is 10.1. The van der Waals surface area contributed by atoms with Crippen molar-refractivity contribution in [3.05, 3.63) is 60.0 Å². The fraction of sp³-hybridized carbons (Fsp3) is 0.133. The molecule has 8 heteroatoms. The normalized spacial score (nSPS) is 11.5. The lowest BCUT2D eigenvalue weighted by molar-refractivity contribution is 0.102. The topological polar surface area (TPSA) is 93.4 Å². The molecule has 1 amide bonds. The fourth-order valence-electron chi connectivity index (χ4n) is 2.16. The highest BCUT2D eigenvalue weighted by atomic mass is 32.2. The Kier molecular flexibility index (Phi) is 3.83. The van der Waals surface area contributed by atoms with Gasteiger partial charge < -0.3 is 5.32 Å². The van der Waals surface area contributed by atoms with Gasteiger partial charge in [-0.25, -0.2) is 8.42 Å². The maximum Gasteiger partial charge on any atom is 0.255 e. The predicted molar refractivity (Wildman–Crippen MR) is 85.9 cm³/mol. The van der Waals surface area contributed by atoms with Crippen LogP contribution in [0.1, 0.15) is 15.9 Å². The molecular weight excluding hydrogens is 316 g/mol. The van der Waals surface area contributed by atoms with Crippen LogP contribution in [0.15, 0.2) is 48.9 Å².